The Kier molecular flexibility index (Phi) is 6.62. The molecule has 0 aromatic heterocycles. The third-order valence-corrected chi connectivity index (χ3v) is 5.67. The first kappa shape index (κ1) is 21.1. The van der Waals surface area contributed by atoms with Crippen LogP contribution >= 0.6 is 0 Å². The molecule has 0 spiro atoms. The molecular weight excluding hydrogens is 396 g/mol. The lowest BCUT2D eigenvalue weighted by atomic mass is 10.0. The van der Waals surface area contributed by atoms with Crippen LogP contribution in [-0.4, -0.2) is 60.4 Å². The summed E-state index contributed by atoms with van der Waals surface area (Å²) in [5.74, 6) is -0.675. The number of carbonyl (C=O) groups excluding carboxylic acids is 3. The SMILES string of the molecule is O=C(CN1CCCN(C(=O)CC2OC(=O)c3ccccc32)CC1)OCc1ccccc1. The van der Waals surface area contributed by atoms with Crippen LogP contribution in [0.3, 0.4) is 0 Å². The fourth-order valence-corrected chi connectivity index (χ4v) is 4.00. The number of nitrogens with zero attached hydrogens (tertiary/aromatic N) is 2. The van der Waals surface area contributed by atoms with Crippen molar-refractivity contribution in [2.24, 2.45) is 0 Å². The van der Waals surface area contributed by atoms with Crippen LogP contribution in [0.1, 0.15) is 40.4 Å². The highest BCUT2D eigenvalue weighted by Gasteiger charge is 2.33. The van der Waals surface area contributed by atoms with Crippen LogP contribution in [0, 0.1) is 0 Å². The van der Waals surface area contributed by atoms with Gasteiger partial charge in [-0.1, -0.05) is 48.5 Å². The van der Waals surface area contributed by atoms with Crippen molar-refractivity contribution in [1.29, 1.82) is 0 Å². The molecule has 7 heteroatoms. The molecule has 0 aliphatic carbocycles. The number of carbonyl (C=O) groups is 3. The van der Waals surface area contributed by atoms with Gasteiger partial charge in [-0.3, -0.25) is 14.5 Å². The molecule has 0 radical (unpaired) electrons. The highest BCUT2D eigenvalue weighted by atomic mass is 16.5. The minimum Gasteiger partial charge on any atom is -0.460 e. The largest absolute Gasteiger partial charge is 0.460 e. The van der Waals surface area contributed by atoms with Crippen molar-refractivity contribution in [3.63, 3.8) is 0 Å². The van der Waals surface area contributed by atoms with Crippen LogP contribution in [0.5, 0.6) is 0 Å². The highest BCUT2D eigenvalue weighted by molar-refractivity contribution is 5.94. The van der Waals surface area contributed by atoms with Gasteiger partial charge in [-0.05, 0) is 18.1 Å². The van der Waals surface area contributed by atoms with E-state index in [1.165, 1.54) is 0 Å². The van der Waals surface area contributed by atoms with Crippen molar-refractivity contribution < 1.29 is 23.9 Å². The lowest BCUT2D eigenvalue weighted by molar-refractivity contribution is -0.146. The molecule has 2 aromatic carbocycles. The summed E-state index contributed by atoms with van der Waals surface area (Å²) in [7, 11) is 0. The zero-order valence-electron chi connectivity index (χ0n) is 17.4. The molecule has 0 bridgehead atoms. The number of rotatable bonds is 6. The summed E-state index contributed by atoms with van der Waals surface area (Å²) in [6.07, 6.45) is 0.393. The first-order chi connectivity index (χ1) is 15.1. The minimum absolute atomic E-state index is 0.0389. The van der Waals surface area contributed by atoms with Gasteiger partial charge in [0.25, 0.3) is 0 Å². The number of hydrogen-bond donors (Lipinski definition) is 0. The molecule has 0 N–H and O–H groups in total. The first-order valence-corrected chi connectivity index (χ1v) is 10.6. The van der Waals surface area contributed by atoms with Crippen LogP contribution in [-0.2, 0) is 25.7 Å². The Hall–Kier alpha value is -3.19. The zero-order valence-corrected chi connectivity index (χ0v) is 17.4. The maximum Gasteiger partial charge on any atom is 0.339 e. The van der Waals surface area contributed by atoms with Crippen LogP contribution in [0.15, 0.2) is 54.6 Å². The van der Waals surface area contributed by atoms with E-state index in [4.69, 9.17) is 9.47 Å². The average molecular weight is 422 g/mol. The van der Waals surface area contributed by atoms with Gasteiger partial charge in [-0.15, -0.1) is 0 Å². The van der Waals surface area contributed by atoms with E-state index in [-0.39, 0.29) is 37.4 Å². The number of cyclic esters (lactones) is 1. The topological polar surface area (TPSA) is 76.2 Å². The number of esters is 2. The van der Waals surface area contributed by atoms with Gasteiger partial charge in [0.15, 0.2) is 0 Å². The summed E-state index contributed by atoms with van der Waals surface area (Å²) in [5, 5.41) is 0. The standard InChI is InChI=1S/C24H26N2O5/c27-22(15-21-19-9-4-5-10-20(19)24(29)31-21)26-12-6-11-25(13-14-26)16-23(28)30-17-18-7-2-1-3-8-18/h1-5,7-10,21H,6,11-17H2. The van der Waals surface area contributed by atoms with Gasteiger partial charge in [0.1, 0.15) is 12.7 Å². The first-order valence-electron chi connectivity index (χ1n) is 10.6. The second-order valence-corrected chi connectivity index (χ2v) is 7.84. The van der Waals surface area contributed by atoms with E-state index in [1.807, 2.05) is 47.4 Å². The van der Waals surface area contributed by atoms with Crippen LogP contribution in [0.2, 0.25) is 0 Å². The minimum atomic E-state index is -0.525. The van der Waals surface area contributed by atoms with E-state index in [9.17, 15) is 14.4 Å². The molecule has 4 rings (SSSR count). The molecule has 7 nitrogen and oxygen atoms in total. The highest BCUT2D eigenvalue weighted by Crippen LogP contribution is 2.33. The van der Waals surface area contributed by atoms with Crippen molar-refractivity contribution in [1.82, 2.24) is 9.80 Å². The van der Waals surface area contributed by atoms with Gasteiger partial charge in [0.05, 0.1) is 18.5 Å². The van der Waals surface area contributed by atoms with Gasteiger partial charge in [-0.2, -0.15) is 0 Å². The predicted molar refractivity (Wildman–Crippen MR) is 113 cm³/mol. The molecular formula is C24H26N2O5. The quantitative estimate of drug-likeness (QED) is 0.666. The number of ether oxygens (including phenoxy) is 2. The van der Waals surface area contributed by atoms with E-state index in [2.05, 4.69) is 0 Å². The zero-order chi connectivity index (χ0) is 21.6. The molecule has 1 amide bonds. The van der Waals surface area contributed by atoms with Crippen molar-refractivity contribution >= 4 is 17.8 Å². The van der Waals surface area contributed by atoms with Crippen LogP contribution in [0.25, 0.3) is 0 Å². The summed E-state index contributed by atoms with van der Waals surface area (Å²) >= 11 is 0. The molecule has 1 unspecified atom stereocenters. The maximum absolute atomic E-state index is 12.8. The number of amides is 1. The van der Waals surface area contributed by atoms with E-state index in [0.29, 0.717) is 25.2 Å². The predicted octanol–water partition coefficient (Wildman–Crippen LogP) is 2.57. The van der Waals surface area contributed by atoms with Crippen molar-refractivity contribution in [3.8, 4) is 0 Å². The number of hydrogen-bond acceptors (Lipinski definition) is 6. The number of fused-ring (bicyclic) bond motifs is 1. The normalized spacial score (nSPS) is 18.8. The Morgan fingerprint density at radius 2 is 1.74 bits per heavy atom. The smallest absolute Gasteiger partial charge is 0.339 e. The van der Waals surface area contributed by atoms with Crippen molar-refractivity contribution in [3.05, 3.63) is 71.3 Å². The molecule has 1 saturated heterocycles. The van der Waals surface area contributed by atoms with E-state index < -0.39 is 6.10 Å². The Bertz CT molecular complexity index is 946. The van der Waals surface area contributed by atoms with E-state index >= 15 is 0 Å². The van der Waals surface area contributed by atoms with Gasteiger partial charge in [0.2, 0.25) is 5.91 Å². The van der Waals surface area contributed by atoms with E-state index in [1.54, 1.807) is 17.0 Å². The molecule has 31 heavy (non-hydrogen) atoms. The summed E-state index contributed by atoms with van der Waals surface area (Å²) in [5.41, 5.74) is 2.27. The molecule has 2 heterocycles. The van der Waals surface area contributed by atoms with Gasteiger partial charge >= 0.3 is 11.9 Å². The van der Waals surface area contributed by atoms with Gasteiger partial charge < -0.3 is 14.4 Å². The summed E-state index contributed by atoms with van der Waals surface area (Å²) in [6.45, 7) is 2.96. The molecule has 2 aliphatic heterocycles. The van der Waals surface area contributed by atoms with Crippen molar-refractivity contribution in [2.45, 2.75) is 25.6 Å². The fourth-order valence-electron chi connectivity index (χ4n) is 4.00. The molecule has 1 atom stereocenters. The van der Waals surface area contributed by atoms with Gasteiger partial charge in [-0.25, -0.2) is 4.79 Å². The Labute approximate surface area is 181 Å². The Morgan fingerprint density at radius 3 is 2.58 bits per heavy atom. The molecule has 1 fully saturated rings. The van der Waals surface area contributed by atoms with E-state index in [0.717, 1.165) is 24.1 Å². The van der Waals surface area contributed by atoms with Gasteiger partial charge in [0, 0.05) is 31.7 Å². The second kappa shape index (κ2) is 9.75. The molecule has 0 saturated carbocycles. The van der Waals surface area contributed by atoms with Crippen LogP contribution in [0.4, 0.5) is 0 Å². The second-order valence-electron chi connectivity index (χ2n) is 7.84. The monoisotopic (exact) mass is 422 g/mol. The van der Waals surface area contributed by atoms with Crippen molar-refractivity contribution in [2.75, 3.05) is 32.7 Å². The summed E-state index contributed by atoms with van der Waals surface area (Å²) in [4.78, 5) is 40.8. The number of benzene rings is 2. The summed E-state index contributed by atoms with van der Waals surface area (Å²) < 4.78 is 10.8. The Balaban J connectivity index is 1.25. The lowest BCUT2D eigenvalue weighted by Gasteiger charge is -2.23. The lowest BCUT2D eigenvalue weighted by Crippen LogP contribution is -2.37. The molecule has 2 aromatic rings. The summed E-state index contributed by atoms with van der Waals surface area (Å²) in [6, 6.07) is 16.8. The van der Waals surface area contributed by atoms with Crippen LogP contribution < -0.4 is 0 Å². The maximum atomic E-state index is 12.8. The molecule has 2 aliphatic rings. The third-order valence-electron chi connectivity index (χ3n) is 5.67. The average Bonchev–Trinajstić information content (AvgIpc) is 2.94. The molecule has 162 valence electrons. The third kappa shape index (κ3) is 5.30. The fraction of sp³-hybridized carbons (Fsp3) is 0.375. The Morgan fingerprint density at radius 1 is 0.968 bits per heavy atom.